The molecule has 1 fully saturated rings. The van der Waals surface area contributed by atoms with E-state index in [4.69, 9.17) is 4.74 Å². The van der Waals surface area contributed by atoms with Crippen molar-refractivity contribution in [1.82, 2.24) is 0 Å². The standard InChI is InChI=1S/C15H20O4/c1-8-6-13-14(10(3)15(18)19-13)12(17)7-11(8)5-4-9(2)16/h7-8,12-14,17H,3-6H2,1-2H3/t8?,12?,13-,14+/m1/s1. The van der Waals surface area contributed by atoms with Crippen LogP contribution in [0.3, 0.4) is 0 Å². The summed E-state index contributed by atoms with van der Waals surface area (Å²) in [6, 6.07) is 0. The van der Waals surface area contributed by atoms with E-state index in [-0.39, 0.29) is 23.7 Å². The summed E-state index contributed by atoms with van der Waals surface area (Å²) in [7, 11) is 0. The Morgan fingerprint density at radius 3 is 2.89 bits per heavy atom. The van der Waals surface area contributed by atoms with Gasteiger partial charge in [0.15, 0.2) is 0 Å². The van der Waals surface area contributed by atoms with Gasteiger partial charge in [0.1, 0.15) is 11.9 Å². The smallest absolute Gasteiger partial charge is 0.334 e. The molecule has 4 atom stereocenters. The molecule has 0 aromatic carbocycles. The van der Waals surface area contributed by atoms with Gasteiger partial charge in [-0.1, -0.05) is 25.2 Å². The SMILES string of the molecule is C=C1C(=O)O[C@@H]2CC(C)C(CCC(C)=O)=CC(O)[C@H]12. The summed E-state index contributed by atoms with van der Waals surface area (Å²) < 4.78 is 5.27. The fourth-order valence-corrected chi connectivity index (χ4v) is 2.90. The molecule has 2 rings (SSSR count). The summed E-state index contributed by atoms with van der Waals surface area (Å²) in [6.07, 6.45) is 2.56. The normalized spacial score (nSPS) is 34.4. The third kappa shape index (κ3) is 2.78. The van der Waals surface area contributed by atoms with Crippen molar-refractivity contribution in [2.75, 3.05) is 0 Å². The van der Waals surface area contributed by atoms with E-state index < -0.39 is 12.1 Å². The topological polar surface area (TPSA) is 63.6 Å². The highest BCUT2D eigenvalue weighted by molar-refractivity contribution is 5.91. The molecule has 0 aromatic heterocycles. The van der Waals surface area contributed by atoms with Crippen LogP contribution in [-0.4, -0.2) is 29.1 Å². The molecule has 19 heavy (non-hydrogen) atoms. The van der Waals surface area contributed by atoms with E-state index in [1.165, 1.54) is 0 Å². The van der Waals surface area contributed by atoms with Crippen molar-refractivity contribution in [1.29, 1.82) is 0 Å². The van der Waals surface area contributed by atoms with Gasteiger partial charge in [0.2, 0.25) is 0 Å². The maximum Gasteiger partial charge on any atom is 0.334 e. The van der Waals surface area contributed by atoms with Gasteiger partial charge in [0.05, 0.1) is 12.0 Å². The number of esters is 1. The van der Waals surface area contributed by atoms with E-state index >= 15 is 0 Å². The quantitative estimate of drug-likeness (QED) is 0.479. The highest BCUT2D eigenvalue weighted by atomic mass is 16.6. The minimum Gasteiger partial charge on any atom is -0.458 e. The van der Waals surface area contributed by atoms with E-state index in [2.05, 4.69) is 6.58 Å². The number of Topliss-reactive ketones (excluding diaryl/α,β-unsaturated/α-hetero) is 1. The second kappa shape index (κ2) is 5.29. The second-order valence-electron chi connectivity index (χ2n) is 5.57. The lowest BCUT2D eigenvalue weighted by molar-refractivity contribution is -0.139. The number of aliphatic hydroxyl groups excluding tert-OH is 1. The van der Waals surface area contributed by atoms with Crippen molar-refractivity contribution in [3.05, 3.63) is 23.8 Å². The van der Waals surface area contributed by atoms with E-state index in [1.807, 2.05) is 6.92 Å². The van der Waals surface area contributed by atoms with Gasteiger partial charge in [-0.25, -0.2) is 4.79 Å². The molecule has 0 bridgehead atoms. The van der Waals surface area contributed by atoms with Gasteiger partial charge in [0, 0.05) is 12.0 Å². The molecule has 1 N–H and O–H groups in total. The molecule has 0 spiro atoms. The van der Waals surface area contributed by atoms with Crippen molar-refractivity contribution in [2.45, 2.75) is 45.3 Å². The average Bonchev–Trinajstić information content (AvgIpc) is 2.52. The first-order valence-electron chi connectivity index (χ1n) is 6.68. The number of aliphatic hydroxyl groups is 1. The van der Waals surface area contributed by atoms with Crippen LogP contribution < -0.4 is 0 Å². The fourth-order valence-electron chi connectivity index (χ4n) is 2.90. The Labute approximate surface area is 113 Å². The third-order valence-corrected chi connectivity index (χ3v) is 4.06. The van der Waals surface area contributed by atoms with Crippen molar-refractivity contribution < 1.29 is 19.4 Å². The number of carbonyl (C=O) groups is 2. The van der Waals surface area contributed by atoms with Crippen LogP contribution in [0, 0.1) is 11.8 Å². The number of carbonyl (C=O) groups excluding carboxylic acids is 2. The molecular formula is C15H20O4. The lowest BCUT2D eigenvalue weighted by atomic mass is 9.89. The predicted octanol–water partition coefficient (Wildman–Crippen LogP) is 1.78. The predicted molar refractivity (Wildman–Crippen MR) is 70.3 cm³/mol. The Morgan fingerprint density at radius 2 is 2.26 bits per heavy atom. The van der Waals surface area contributed by atoms with Gasteiger partial charge in [-0.2, -0.15) is 0 Å². The molecule has 0 amide bonds. The van der Waals surface area contributed by atoms with Crippen LogP contribution in [-0.2, 0) is 14.3 Å². The summed E-state index contributed by atoms with van der Waals surface area (Å²) >= 11 is 0. The minimum absolute atomic E-state index is 0.142. The fraction of sp³-hybridized carbons (Fsp3) is 0.600. The molecule has 104 valence electrons. The molecule has 4 heteroatoms. The van der Waals surface area contributed by atoms with E-state index in [0.29, 0.717) is 24.8 Å². The number of hydrogen-bond acceptors (Lipinski definition) is 4. The van der Waals surface area contributed by atoms with Crippen LogP contribution in [0.25, 0.3) is 0 Å². The van der Waals surface area contributed by atoms with Crippen LogP contribution in [0.4, 0.5) is 0 Å². The molecular weight excluding hydrogens is 244 g/mol. The Hall–Kier alpha value is -1.42. The Balaban J connectivity index is 2.18. The maximum absolute atomic E-state index is 11.5. The zero-order valence-corrected chi connectivity index (χ0v) is 11.4. The summed E-state index contributed by atoms with van der Waals surface area (Å²) in [5.74, 6) is -0.405. The summed E-state index contributed by atoms with van der Waals surface area (Å²) in [4.78, 5) is 22.6. The number of ketones is 1. The van der Waals surface area contributed by atoms with Crippen LogP contribution in [0.15, 0.2) is 23.8 Å². The molecule has 0 saturated carbocycles. The Morgan fingerprint density at radius 1 is 1.58 bits per heavy atom. The number of fused-ring (bicyclic) bond motifs is 1. The van der Waals surface area contributed by atoms with Gasteiger partial charge in [0.25, 0.3) is 0 Å². The van der Waals surface area contributed by atoms with Crippen LogP contribution in [0.2, 0.25) is 0 Å². The monoisotopic (exact) mass is 264 g/mol. The number of allylic oxidation sites excluding steroid dienone is 1. The first kappa shape index (κ1) is 14.0. The molecule has 1 saturated heterocycles. The maximum atomic E-state index is 11.5. The van der Waals surface area contributed by atoms with Gasteiger partial charge < -0.3 is 14.6 Å². The van der Waals surface area contributed by atoms with Crippen molar-refractivity contribution in [3.63, 3.8) is 0 Å². The second-order valence-corrected chi connectivity index (χ2v) is 5.57. The van der Waals surface area contributed by atoms with Crippen LogP contribution in [0.1, 0.15) is 33.1 Å². The first-order valence-corrected chi connectivity index (χ1v) is 6.68. The average molecular weight is 264 g/mol. The Kier molecular flexibility index (Phi) is 3.90. The van der Waals surface area contributed by atoms with Gasteiger partial charge in [-0.15, -0.1) is 0 Å². The van der Waals surface area contributed by atoms with Crippen molar-refractivity contribution in [3.8, 4) is 0 Å². The molecule has 0 radical (unpaired) electrons. The summed E-state index contributed by atoms with van der Waals surface area (Å²) in [5.41, 5.74) is 1.43. The Bertz CT molecular complexity index is 449. The lowest BCUT2D eigenvalue weighted by Crippen LogP contribution is -2.26. The van der Waals surface area contributed by atoms with E-state index in [1.54, 1.807) is 13.0 Å². The molecule has 2 unspecified atom stereocenters. The van der Waals surface area contributed by atoms with Gasteiger partial charge >= 0.3 is 5.97 Å². The van der Waals surface area contributed by atoms with Crippen molar-refractivity contribution in [2.24, 2.45) is 11.8 Å². The highest BCUT2D eigenvalue weighted by Crippen LogP contribution is 2.39. The van der Waals surface area contributed by atoms with Crippen LogP contribution >= 0.6 is 0 Å². The number of hydrogen-bond donors (Lipinski definition) is 1. The largest absolute Gasteiger partial charge is 0.458 e. The molecule has 1 heterocycles. The van der Waals surface area contributed by atoms with E-state index in [0.717, 1.165) is 5.57 Å². The first-order chi connectivity index (χ1) is 8.90. The third-order valence-electron chi connectivity index (χ3n) is 4.06. The minimum atomic E-state index is -0.754. The lowest BCUT2D eigenvalue weighted by Gasteiger charge is -2.19. The molecule has 1 aliphatic carbocycles. The van der Waals surface area contributed by atoms with Gasteiger partial charge in [-0.05, 0) is 25.7 Å². The number of ether oxygens (including phenoxy) is 1. The highest BCUT2D eigenvalue weighted by Gasteiger charge is 2.44. The molecule has 4 nitrogen and oxygen atoms in total. The summed E-state index contributed by atoms with van der Waals surface area (Å²) in [6.45, 7) is 7.32. The van der Waals surface area contributed by atoms with E-state index in [9.17, 15) is 14.7 Å². The molecule has 2 aliphatic rings. The molecule has 0 aromatic rings. The zero-order chi connectivity index (χ0) is 14.2. The summed E-state index contributed by atoms with van der Waals surface area (Å²) in [5, 5.41) is 10.2. The number of rotatable bonds is 3. The van der Waals surface area contributed by atoms with Crippen LogP contribution in [0.5, 0.6) is 0 Å². The zero-order valence-electron chi connectivity index (χ0n) is 11.4. The van der Waals surface area contributed by atoms with Crippen molar-refractivity contribution >= 4 is 11.8 Å². The van der Waals surface area contributed by atoms with Gasteiger partial charge in [-0.3, -0.25) is 0 Å². The molecule has 1 aliphatic heterocycles.